The van der Waals surface area contributed by atoms with Gasteiger partial charge in [-0.15, -0.1) is 0 Å². The highest BCUT2D eigenvalue weighted by atomic mass is 16.5. The van der Waals surface area contributed by atoms with Gasteiger partial charge in [-0.25, -0.2) is 5.01 Å². The van der Waals surface area contributed by atoms with Crippen LogP contribution in [-0.4, -0.2) is 68.7 Å². The van der Waals surface area contributed by atoms with Crippen molar-refractivity contribution in [3.8, 4) is 5.75 Å². The predicted molar refractivity (Wildman–Crippen MR) is 134 cm³/mol. The number of nitrogens with zero attached hydrogens (tertiary/aromatic N) is 3. The van der Waals surface area contributed by atoms with Crippen LogP contribution in [0.4, 0.5) is 5.69 Å². The number of piperidine rings is 1. The molecule has 0 radical (unpaired) electrons. The van der Waals surface area contributed by atoms with Crippen LogP contribution < -0.4 is 15.1 Å². The second-order valence-corrected chi connectivity index (χ2v) is 9.44. The molecule has 2 aromatic rings. The molecule has 4 rings (SSSR count). The van der Waals surface area contributed by atoms with Crippen molar-refractivity contribution in [3.05, 3.63) is 59.2 Å². The number of aryl methyl sites for hydroxylation is 1. The van der Waals surface area contributed by atoms with Gasteiger partial charge in [0.05, 0.1) is 7.11 Å². The van der Waals surface area contributed by atoms with Crippen molar-refractivity contribution in [2.45, 2.75) is 33.1 Å². The Morgan fingerprint density at radius 1 is 0.970 bits per heavy atom. The third-order valence-electron chi connectivity index (χ3n) is 7.37. The minimum Gasteiger partial charge on any atom is -0.497 e. The van der Waals surface area contributed by atoms with Crippen LogP contribution in [0, 0.1) is 19.8 Å². The lowest BCUT2D eigenvalue weighted by molar-refractivity contribution is 0.0687. The van der Waals surface area contributed by atoms with Crippen molar-refractivity contribution in [2.75, 3.05) is 57.8 Å². The van der Waals surface area contributed by atoms with Gasteiger partial charge in [0.1, 0.15) is 5.75 Å². The van der Waals surface area contributed by atoms with Crippen LogP contribution in [-0.2, 0) is 0 Å². The SMILES string of the molecule is COc1ccc(C(=O)NN2CCC(CCN3CCN(c4cccc(C)c4C)CC3)CC2)cc1. The minimum absolute atomic E-state index is 0.0437. The zero-order chi connectivity index (χ0) is 23.2. The molecule has 1 amide bonds. The van der Waals surface area contributed by atoms with Gasteiger partial charge in [-0.3, -0.25) is 15.1 Å². The number of methoxy groups -OCH3 is 1. The number of nitrogens with one attached hydrogen (secondary N) is 1. The van der Waals surface area contributed by atoms with Crippen molar-refractivity contribution < 1.29 is 9.53 Å². The van der Waals surface area contributed by atoms with Crippen LogP contribution in [0.3, 0.4) is 0 Å². The van der Waals surface area contributed by atoms with Crippen molar-refractivity contribution >= 4 is 11.6 Å². The second kappa shape index (κ2) is 11.0. The van der Waals surface area contributed by atoms with Crippen LogP contribution in [0.1, 0.15) is 40.7 Å². The Bertz CT molecular complexity index is 914. The fourth-order valence-electron chi connectivity index (χ4n) is 4.94. The maximum absolute atomic E-state index is 12.5. The molecule has 2 saturated heterocycles. The number of carbonyl (C=O) groups excluding carboxylic acids is 1. The van der Waals surface area contributed by atoms with E-state index >= 15 is 0 Å². The van der Waals surface area contributed by atoms with Crippen LogP contribution >= 0.6 is 0 Å². The average Bonchev–Trinajstić information content (AvgIpc) is 2.86. The number of rotatable bonds is 7. The Hall–Kier alpha value is -2.57. The largest absolute Gasteiger partial charge is 0.497 e. The van der Waals surface area contributed by atoms with Gasteiger partial charge in [-0.2, -0.15) is 0 Å². The molecule has 0 bridgehead atoms. The van der Waals surface area contributed by atoms with E-state index in [1.54, 1.807) is 19.2 Å². The summed E-state index contributed by atoms with van der Waals surface area (Å²) in [5.74, 6) is 1.47. The Morgan fingerprint density at radius 3 is 2.33 bits per heavy atom. The molecule has 33 heavy (non-hydrogen) atoms. The number of hydrogen-bond acceptors (Lipinski definition) is 5. The molecule has 0 atom stereocenters. The predicted octanol–water partition coefficient (Wildman–Crippen LogP) is 3.88. The van der Waals surface area contributed by atoms with Gasteiger partial charge in [0.15, 0.2) is 0 Å². The normalized spacial score (nSPS) is 18.3. The van der Waals surface area contributed by atoms with Crippen molar-refractivity contribution in [2.24, 2.45) is 5.92 Å². The summed E-state index contributed by atoms with van der Waals surface area (Å²) in [5, 5.41) is 2.08. The number of amides is 1. The van der Waals surface area contributed by atoms with E-state index in [1.165, 1.54) is 29.8 Å². The number of benzene rings is 2. The molecule has 2 aromatic carbocycles. The van der Waals surface area contributed by atoms with E-state index in [-0.39, 0.29) is 5.91 Å². The zero-order valence-corrected chi connectivity index (χ0v) is 20.3. The van der Waals surface area contributed by atoms with Crippen molar-refractivity contribution in [3.63, 3.8) is 0 Å². The van der Waals surface area contributed by atoms with E-state index in [9.17, 15) is 4.79 Å². The summed E-state index contributed by atoms with van der Waals surface area (Å²) in [6.07, 6.45) is 3.54. The summed E-state index contributed by atoms with van der Waals surface area (Å²) >= 11 is 0. The van der Waals surface area contributed by atoms with E-state index in [2.05, 4.69) is 52.3 Å². The lowest BCUT2D eigenvalue weighted by atomic mass is 9.94. The van der Waals surface area contributed by atoms with Gasteiger partial charge in [0, 0.05) is 50.5 Å². The third kappa shape index (κ3) is 6.06. The maximum Gasteiger partial charge on any atom is 0.265 e. The number of hydrogen-bond donors (Lipinski definition) is 1. The quantitative estimate of drug-likeness (QED) is 0.694. The Balaban J connectivity index is 1.15. The van der Waals surface area contributed by atoms with Crippen molar-refractivity contribution in [1.82, 2.24) is 15.3 Å². The molecule has 0 saturated carbocycles. The van der Waals surface area contributed by atoms with E-state index in [0.717, 1.165) is 63.8 Å². The van der Waals surface area contributed by atoms with E-state index < -0.39 is 0 Å². The topological polar surface area (TPSA) is 48.1 Å². The molecule has 0 unspecified atom stereocenters. The number of piperazine rings is 1. The first kappa shape index (κ1) is 23.6. The van der Waals surface area contributed by atoms with Gasteiger partial charge in [-0.1, -0.05) is 12.1 Å². The maximum atomic E-state index is 12.5. The highest BCUT2D eigenvalue weighted by Gasteiger charge is 2.23. The third-order valence-corrected chi connectivity index (χ3v) is 7.37. The molecule has 2 aliphatic rings. The van der Waals surface area contributed by atoms with E-state index in [4.69, 9.17) is 4.74 Å². The molecule has 6 nitrogen and oxygen atoms in total. The number of ether oxygens (including phenoxy) is 1. The molecule has 0 aliphatic carbocycles. The second-order valence-electron chi connectivity index (χ2n) is 9.44. The molecular weight excluding hydrogens is 412 g/mol. The molecule has 2 heterocycles. The summed E-state index contributed by atoms with van der Waals surface area (Å²) in [5.41, 5.74) is 7.92. The fraction of sp³-hybridized carbons (Fsp3) is 0.519. The Kier molecular flexibility index (Phi) is 7.89. The van der Waals surface area contributed by atoms with Crippen LogP contribution in [0.15, 0.2) is 42.5 Å². The van der Waals surface area contributed by atoms with E-state index in [0.29, 0.717) is 5.56 Å². The lowest BCUT2D eigenvalue weighted by Crippen LogP contribution is -2.48. The van der Waals surface area contributed by atoms with Gasteiger partial charge >= 0.3 is 0 Å². The number of carbonyl (C=O) groups is 1. The van der Waals surface area contributed by atoms with Crippen LogP contribution in [0.2, 0.25) is 0 Å². The number of anilines is 1. The Morgan fingerprint density at radius 2 is 1.67 bits per heavy atom. The highest BCUT2D eigenvalue weighted by molar-refractivity contribution is 5.93. The lowest BCUT2D eigenvalue weighted by Gasteiger charge is -2.38. The Labute approximate surface area is 198 Å². The minimum atomic E-state index is -0.0437. The molecule has 0 spiro atoms. The molecule has 6 heteroatoms. The molecule has 2 fully saturated rings. The highest BCUT2D eigenvalue weighted by Crippen LogP contribution is 2.25. The van der Waals surface area contributed by atoms with Crippen LogP contribution in [0.25, 0.3) is 0 Å². The van der Waals surface area contributed by atoms with Gasteiger partial charge in [-0.05, 0) is 87.0 Å². The summed E-state index contributed by atoms with van der Waals surface area (Å²) in [6, 6.07) is 13.9. The zero-order valence-electron chi connectivity index (χ0n) is 20.3. The molecule has 178 valence electrons. The first-order valence-electron chi connectivity index (χ1n) is 12.3. The first-order chi connectivity index (χ1) is 16.0. The van der Waals surface area contributed by atoms with Crippen molar-refractivity contribution in [1.29, 1.82) is 0 Å². The molecular formula is C27H38N4O2. The summed E-state index contributed by atoms with van der Waals surface area (Å²) < 4.78 is 5.16. The van der Waals surface area contributed by atoms with E-state index in [1.807, 2.05) is 12.1 Å². The molecule has 2 aliphatic heterocycles. The standard InChI is InChI=1S/C27H38N4O2/c1-21-5-4-6-26(22(21)2)30-19-17-29(18-20-30)14-11-23-12-15-31(16-13-23)28-27(32)24-7-9-25(33-3)10-8-24/h4-10,23H,11-20H2,1-3H3,(H,28,32). The van der Waals surface area contributed by atoms with Gasteiger partial charge in [0.2, 0.25) is 0 Å². The van der Waals surface area contributed by atoms with Gasteiger partial charge in [0.25, 0.3) is 5.91 Å². The number of hydrazine groups is 1. The fourth-order valence-corrected chi connectivity index (χ4v) is 4.94. The smallest absolute Gasteiger partial charge is 0.265 e. The summed E-state index contributed by atoms with van der Waals surface area (Å²) in [4.78, 5) is 17.7. The van der Waals surface area contributed by atoms with Crippen LogP contribution in [0.5, 0.6) is 5.75 Å². The molecule has 0 aromatic heterocycles. The average molecular weight is 451 g/mol. The summed E-state index contributed by atoms with van der Waals surface area (Å²) in [7, 11) is 1.63. The van der Waals surface area contributed by atoms with Gasteiger partial charge < -0.3 is 9.64 Å². The first-order valence-corrected chi connectivity index (χ1v) is 12.3. The molecule has 1 N–H and O–H groups in total. The monoisotopic (exact) mass is 450 g/mol. The summed E-state index contributed by atoms with van der Waals surface area (Å²) in [6.45, 7) is 12.0.